The predicted octanol–water partition coefficient (Wildman–Crippen LogP) is 4.10. The van der Waals surface area contributed by atoms with Gasteiger partial charge in [0, 0.05) is 62.6 Å². The lowest BCUT2D eigenvalue weighted by atomic mass is 9.90. The number of fused-ring (bicyclic) bond motifs is 3. The van der Waals surface area contributed by atoms with Gasteiger partial charge >= 0.3 is 5.97 Å². The van der Waals surface area contributed by atoms with E-state index in [1.54, 1.807) is 30.5 Å². The Kier molecular flexibility index (Phi) is 8.66. The number of carbonyl (C=O) groups is 1. The second-order valence-corrected chi connectivity index (χ2v) is 13.6. The average Bonchev–Trinajstić information content (AvgIpc) is 3.70. The first-order chi connectivity index (χ1) is 24.6. The summed E-state index contributed by atoms with van der Waals surface area (Å²) >= 11 is 0. The monoisotopic (exact) mass is 705 g/mol. The summed E-state index contributed by atoms with van der Waals surface area (Å²) in [5.74, 6) is 4.61. The van der Waals surface area contributed by atoms with Crippen LogP contribution in [0.2, 0.25) is 0 Å². The molecule has 1 spiro atoms. The maximum Gasteiger partial charge on any atom is 0.326 e. The molecule has 15 heteroatoms. The third-order valence-electron chi connectivity index (χ3n) is 10.4. The second kappa shape index (κ2) is 13.2. The fourth-order valence-corrected chi connectivity index (χ4v) is 7.34. The minimum atomic E-state index is -2.99. The molecular weight excluding hydrogens is 668 g/mol. The largest absolute Gasteiger partial charge is 0.480 e. The Hall–Kier alpha value is -4.62. The summed E-state index contributed by atoms with van der Waals surface area (Å²) in [6.45, 7) is 4.92. The van der Waals surface area contributed by atoms with Crippen LogP contribution < -0.4 is 14.5 Å². The molecule has 4 aliphatic heterocycles. The zero-order chi connectivity index (χ0) is 35.3. The molecule has 0 radical (unpaired) electrons. The van der Waals surface area contributed by atoms with E-state index >= 15 is 0 Å². The highest BCUT2D eigenvalue weighted by Gasteiger charge is 2.50. The van der Waals surface area contributed by atoms with Crippen LogP contribution in [0.5, 0.6) is 5.88 Å². The maximum absolute atomic E-state index is 14.1. The smallest absolute Gasteiger partial charge is 0.326 e. The third kappa shape index (κ3) is 6.20. The van der Waals surface area contributed by atoms with Crippen LogP contribution in [0.1, 0.15) is 50.4 Å². The van der Waals surface area contributed by atoms with Crippen LogP contribution in [-0.2, 0) is 19.0 Å². The van der Waals surface area contributed by atoms with Gasteiger partial charge in [0.05, 0.1) is 38.0 Å². The lowest BCUT2D eigenvalue weighted by Crippen LogP contribution is -2.68. The molecule has 268 valence electrons. The van der Waals surface area contributed by atoms with Gasteiger partial charge in [0.2, 0.25) is 5.88 Å². The summed E-state index contributed by atoms with van der Waals surface area (Å²) in [6, 6.07) is 7.50. The van der Waals surface area contributed by atoms with Crippen LogP contribution in [0.4, 0.5) is 20.3 Å². The number of aliphatic hydroxyl groups is 1. The Morgan fingerprint density at radius 2 is 1.94 bits per heavy atom. The van der Waals surface area contributed by atoms with Gasteiger partial charge in [0.15, 0.2) is 17.2 Å². The number of halogens is 2. The predicted molar refractivity (Wildman–Crippen MR) is 179 cm³/mol. The third-order valence-corrected chi connectivity index (χ3v) is 10.4. The molecule has 4 fully saturated rings. The number of morpholine rings is 1. The Labute approximate surface area is 291 Å². The van der Waals surface area contributed by atoms with E-state index in [4.69, 9.17) is 23.4 Å². The number of hydrogen-bond acceptors (Lipinski definition) is 12. The molecule has 2 N–H and O–H groups in total. The number of carboxylic acids is 1. The van der Waals surface area contributed by atoms with Gasteiger partial charge in [-0.25, -0.2) is 28.5 Å². The molecule has 0 bridgehead atoms. The zero-order valence-corrected chi connectivity index (χ0v) is 27.9. The van der Waals surface area contributed by atoms with Crippen molar-refractivity contribution in [1.29, 1.82) is 0 Å². The number of aliphatic carboxylic acids is 1. The minimum Gasteiger partial charge on any atom is -0.480 e. The summed E-state index contributed by atoms with van der Waals surface area (Å²) in [4.78, 5) is 29.1. The van der Waals surface area contributed by atoms with Crippen molar-refractivity contribution in [2.24, 2.45) is 0 Å². The standard InChI is InChI=1S/C36H37F2N5O8/c1-21-36(19-48-20-36)49-14-11-42(21)25-15-22(5-4-8-35(46)9-12-47-13-10-35)17-39-33(25)50-23-16-26(34(44)45)43(18-23)32-29-28(40-31(41-32)30(37)38)24-6-2-3-7-27(24)51-29/h2-3,6-7,15,17,21,23,26,30,46H,8-14,16,18-20H2,1H3,(H,44,45)/t21-,23-,26-/m0/s1. The number of para-hydroxylation sites is 1. The number of ether oxygens (including phenoxy) is 4. The number of hydrogen-bond donors (Lipinski definition) is 2. The van der Waals surface area contributed by atoms with Crippen molar-refractivity contribution in [3.8, 4) is 17.7 Å². The molecule has 0 unspecified atom stereocenters. The number of benzene rings is 1. The van der Waals surface area contributed by atoms with E-state index in [0.29, 0.717) is 81.1 Å². The van der Waals surface area contributed by atoms with E-state index in [1.165, 1.54) is 4.90 Å². The highest BCUT2D eigenvalue weighted by molar-refractivity contribution is 6.06. The molecule has 0 amide bonds. The molecule has 3 atom stereocenters. The van der Waals surface area contributed by atoms with E-state index in [9.17, 15) is 23.8 Å². The zero-order valence-electron chi connectivity index (χ0n) is 27.9. The first kappa shape index (κ1) is 33.5. The van der Waals surface area contributed by atoms with Gasteiger partial charge in [-0.3, -0.25) is 0 Å². The van der Waals surface area contributed by atoms with Crippen LogP contribution in [-0.4, -0.2) is 107 Å². The maximum atomic E-state index is 14.1. The SMILES string of the molecule is C[C@@H]1N(c2cc(C#CCC3(O)CCOCC3)cnc2O[C@H]2C[C@@H](C(=O)O)N(c3nc(C(F)F)nc4c3oc3ccccc34)C2)CCOC12COC2. The van der Waals surface area contributed by atoms with Crippen LogP contribution in [0.3, 0.4) is 0 Å². The first-order valence-electron chi connectivity index (χ1n) is 17.0. The number of anilines is 2. The Balaban J connectivity index is 1.12. The lowest BCUT2D eigenvalue weighted by molar-refractivity contribution is -0.228. The lowest BCUT2D eigenvalue weighted by Gasteiger charge is -2.53. The van der Waals surface area contributed by atoms with E-state index in [2.05, 4.69) is 38.6 Å². The molecule has 8 rings (SSSR count). The van der Waals surface area contributed by atoms with E-state index in [1.807, 2.05) is 6.07 Å². The number of alkyl halides is 2. The van der Waals surface area contributed by atoms with Crippen molar-refractivity contribution < 1.29 is 47.2 Å². The van der Waals surface area contributed by atoms with Gasteiger partial charge in [-0.2, -0.15) is 0 Å². The Morgan fingerprint density at radius 1 is 1.14 bits per heavy atom. The van der Waals surface area contributed by atoms with Gasteiger partial charge in [0.25, 0.3) is 6.43 Å². The van der Waals surface area contributed by atoms with Crippen LogP contribution >= 0.6 is 0 Å². The van der Waals surface area contributed by atoms with Crippen LogP contribution in [0.25, 0.3) is 22.1 Å². The molecule has 4 aromatic rings. The van der Waals surface area contributed by atoms with Crippen LogP contribution in [0.15, 0.2) is 40.9 Å². The van der Waals surface area contributed by atoms with Gasteiger partial charge in [-0.1, -0.05) is 24.0 Å². The van der Waals surface area contributed by atoms with Gasteiger partial charge < -0.3 is 43.4 Å². The molecule has 13 nitrogen and oxygen atoms in total. The fourth-order valence-electron chi connectivity index (χ4n) is 7.34. The first-order valence-corrected chi connectivity index (χ1v) is 17.0. The number of pyridine rings is 1. The molecular formula is C36H37F2N5O8. The summed E-state index contributed by atoms with van der Waals surface area (Å²) in [7, 11) is 0. The normalized spacial score (nSPS) is 24.1. The number of furan rings is 1. The Morgan fingerprint density at radius 3 is 2.69 bits per heavy atom. The van der Waals surface area contributed by atoms with Crippen molar-refractivity contribution in [3.05, 3.63) is 47.9 Å². The van der Waals surface area contributed by atoms with Crippen LogP contribution in [0, 0.1) is 11.8 Å². The van der Waals surface area contributed by atoms with Crippen molar-refractivity contribution in [3.63, 3.8) is 0 Å². The van der Waals surface area contributed by atoms with Crippen molar-refractivity contribution >= 4 is 39.5 Å². The molecule has 4 aliphatic rings. The molecule has 4 saturated heterocycles. The highest BCUT2D eigenvalue weighted by atomic mass is 19.3. The number of carboxylic acid groups (broad SMARTS) is 1. The minimum absolute atomic E-state index is 0.00419. The summed E-state index contributed by atoms with van der Waals surface area (Å²) in [5, 5.41) is 21.7. The van der Waals surface area contributed by atoms with E-state index in [0.717, 1.165) is 0 Å². The van der Waals surface area contributed by atoms with E-state index in [-0.39, 0.29) is 41.8 Å². The van der Waals surface area contributed by atoms with Crippen molar-refractivity contribution in [2.45, 2.75) is 68.4 Å². The summed E-state index contributed by atoms with van der Waals surface area (Å²) in [5.41, 5.74) is 0.601. The van der Waals surface area contributed by atoms with Gasteiger partial charge in [-0.15, -0.1) is 0 Å². The fraction of sp³-hybridized carbons (Fsp3) is 0.500. The molecule has 3 aromatic heterocycles. The Bertz CT molecular complexity index is 2020. The molecule has 0 aliphatic carbocycles. The molecule has 0 saturated carbocycles. The molecule has 1 aromatic carbocycles. The summed E-state index contributed by atoms with van der Waals surface area (Å²) in [6.07, 6.45) is -0.765. The average molecular weight is 706 g/mol. The topological polar surface area (TPSA) is 153 Å². The molecule has 51 heavy (non-hydrogen) atoms. The highest BCUT2D eigenvalue weighted by Crippen LogP contribution is 2.41. The molecule has 7 heterocycles. The second-order valence-electron chi connectivity index (χ2n) is 13.6. The summed E-state index contributed by atoms with van der Waals surface area (Å²) < 4.78 is 57.8. The van der Waals surface area contributed by atoms with Crippen molar-refractivity contribution in [2.75, 3.05) is 55.9 Å². The van der Waals surface area contributed by atoms with Gasteiger partial charge in [-0.05, 0) is 25.1 Å². The van der Waals surface area contributed by atoms with Crippen molar-refractivity contribution in [1.82, 2.24) is 15.0 Å². The number of nitrogens with zero attached hydrogens (tertiary/aromatic N) is 5. The number of aromatic nitrogens is 3. The number of rotatable bonds is 7. The quantitative estimate of drug-likeness (QED) is 0.266. The van der Waals surface area contributed by atoms with E-state index < -0.39 is 41.6 Å². The van der Waals surface area contributed by atoms with Gasteiger partial charge in [0.1, 0.15) is 34.5 Å².